The maximum atomic E-state index is 11.9. The van der Waals surface area contributed by atoms with Crippen molar-refractivity contribution < 1.29 is 9.53 Å². The molecular weight excluding hydrogens is 264 g/mol. The second kappa shape index (κ2) is 6.57. The van der Waals surface area contributed by atoms with E-state index in [1.165, 1.54) is 0 Å². The van der Waals surface area contributed by atoms with E-state index >= 15 is 0 Å². The number of aromatic nitrogens is 2. The van der Waals surface area contributed by atoms with Gasteiger partial charge in [0.1, 0.15) is 0 Å². The number of ether oxygens (including phenoxy) is 1. The molecule has 0 aliphatic carbocycles. The molecule has 0 N–H and O–H groups in total. The van der Waals surface area contributed by atoms with Gasteiger partial charge in [0.15, 0.2) is 0 Å². The van der Waals surface area contributed by atoms with E-state index in [0.717, 1.165) is 11.4 Å². The van der Waals surface area contributed by atoms with Crippen LogP contribution in [0.15, 0.2) is 36.4 Å². The highest BCUT2D eigenvalue weighted by molar-refractivity contribution is 5.72. The summed E-state index contributed by atoms with van der Waals surface area (Å²) in [6.45, 7) is 8.12. The number of para-hydroxylation sites is 1. The number of hydrogen-bond acceptors (Lipinski definition) is 3. The third kappa shape index (κ3) is 3.94. The van der Waals surface area contributed by atoms with E-state index in [4.69, 9.17) is 4.74 Å². The summed E-state index contributed by atoms with van der Waals surface area (Å²) in [5, 5.41) is 4.55. The zero-order valence-corrected chi connectivity index (χ0v) is 13.0. The van der Waals surface area contributed by atoms with E-state index in [2.05, 4.69) is 18.9 Å². The molecule has 0 aliphatic rings. The standard InChI is InChI=1S/C17H22N2O2/c1-12(2)10-17(20)21-16-11-15(13(3)4)18-19(16)14-8-6-5-7-9-14/h5-9,11-13H,10H2,1-4H3. The van der Waals surface area contributed by atoms with E-state index in [1.807, 2.05) is 50.2 Å². The number of carbonyl (C=O) groups is 1. The van der Waals surface area contributed by atoms with Crippen molar-refractivity contribution in [2.75, 3.05) is 0 Å². The number of hydrogen-bond donors (Lipinski definition) is 0. The summed E-state index contributed by atoms with van der Waals surface area (Å²) in [4.78, 5) is 11.9. The molecule has 0 aliphatic heterocycles. The average Bonchev–Trinajstić information content (AvgIpc) is 2.82. The van der Waals surface area contributed by atoms with Gasteiger partial charge in [0.25, 0.3) is 0 Å². The van der Waals surface area contributed by atoms with Crippen LogP contribution >= 0.6 is 0 Å². The second-order valence-corrected chi connectivity index (χ2v) is 5.88. The van der Waals surface area contributed by atoms with Gasteiger partial charge < -0.3 is 4.74 Å². The van der Waals surface area contributed by atoms with Crippen LogP contribution in [0.5, 0.6) is 5.88 Å². The molecule has 1 aromatic carbocycles. The van der Waals surface area contributed by atoms with Crippen LogP contribution in [-0.2, 0) is 4.79 Å². The normalized spacial score (nSPS) is 11.1. The van der Waals surface area contributed by atoms with Gasteiger partial charge >= 0.3 is 5.97 Å². The van der Waals surface area contributed by atoms with E-state index in [9.17, 15) is 4.79 Å². The fraction of sp³-hybridized carbons (Fsp3) is 0.412. The molecule has 4 nitrogen and oxygen atoms in total. The molecule has 1 heterocycles. The molecule has 0 amide bonds. The van der Waals surface area contributed by atoms with Crippen molar-refractivity contribution in [2.45, 2.75) is 40.0 Å². The largest absolute Gasteiger partial charge is 0.407 e. The lowest BCUT2D eigenvalue weighted by Gasteiger charge is -2.08. The van der Waals surface area contributed by atoms with Crippen LogP contribution in [0, 0.1) is 5.92 Å². The first-order valence-electron chi connectivity index (χ1n) is 7.33. The SMILES string of the molecule is CC(C)CC(=O)Oc1cc(C(C)C)nn1-c1ccccc1. The molecule has 0 atom stereocenters. The highest BCUT2D eigenvalue weighted by Gasteiger charge is 2.16. The van der Waals surface area contributed by atoms with Crippen molar-refractivity contribution in [1.82, 2.24) is 9.78 Å². The number of esters is 1. The molecule has 1 aromatic heterocycles. The maximum Gasteiger partial charge on any atom is 0.312 e. The first-order valence-corrected chi connectivity index (χ1v) is 7.33. The lowest BCUT2D eigenvalue weighted by molar-refractivity contribution is -0.135. The van der Waals surface area contributed by atoms with Crippen LogP contribution in [0.2, 0.25) is 0 Å². The Kier molecular flexibility index (Phi) is 4.78. The molecule has 2 rings (SSSR count). The second-order valence-electron chi connectivity index (χ2n) is 5.88. The van der Waals surface area contributed by atoms with Crippen LogP contribution in [0.1, 0.15) is 45.7 Å². The summed E-state index contributed by atoms with van der Waals surface area (Å²) in [6, 6.07) is 11.5. The average molecular weight is 286 g/mol. The van der Waals surface area contributed by atoms with E-state index in [0.29, 0.717) is 12.3 Å². The minimum Gasteiger partial charge on any atom is -0.407 e. The Labute approximate surface area is 125 Å². The molecule has 0 saturated carbocycles. The van der Waals surface area contributed by atoms with Gasteiger partial charge in [-0.15, -0.1) is 0 Å². The van der Waals surface area contributed by atoms with E-state index in [1.54, 1.807) is 4.68 Å². The third-order valence-corrected chi connectivity index (χ3v) is 3.08. The van der Waals surface area contributed by atoms with Gasteiger partial charge in [0, 0.05) is 12.5 Å². The summed E-state index contributed by atoms with van der Waals surface area (Å²) < 4.78 is 7.19. The Hall–Kier alpha value is -2.10. The van der Waals surface area contributed by atoms with E-state index < -0.39 is 0 Å². The number of rotatable bonds is 5. The summed E-state index contributed by atoms with van der Waals surface area (Å²) in [7, 11) is 0. The smallest absolute Gasteiger partial charge is 0.312 e. The molecule has 0 fully saturated rings. The Bertz CT molecular complexity index is 601. The van der Waals surface area contributed by atoms with Crippen molar-refractivity contribution in [2.24, 2.45) is 5.92 Å². The van der Waals surface area contributed by atoms with E-state index in [-0.39, 0.29) is 17.8 Å². The molecule has 0 radical (unpaired) electrons. The summed E-state index contributed by atoms with van der Waals surface area (Å²) in [6.07, 6.45) is 0.400. The quantitative estimate of drug-likeness (QED) is 0.782. The number of carbonyl (C=O) groups excluding carboxylic acids is 1. The van der Waals surface area contributed by atoms with Crippen molar-refractivity contribution in [3.05, 3.63) is 42.1 Å². The monoisotopic (exact) mass is 286 g/mol. The Morgan fingerprint density at radius 2 is 1.86 bits per heavy atom. The molecule has 0 bridgehead atoms. The molecule has 21 heavy (non-hydrogen) atoms. The topological polar surface area (TPSA) is 44.1 Å². The molecular formula is C17H22N2O2. The highest BCUT2D eigenvalue weighted by atomic mass is 16.5. The van der Waals surface area contributed by atoms with Crippen molar-refractivity contribution >= 4 is 5.97 Å². The molecule has 4 heteroatoms. The fourth-order valence-electron chi connectivity index (χ4n) is 1.98. The molecule has 112 valence electrons. The number of nitrogens with zero attached hydrogens (tertiary/aromatic N) is 2. The van der Waals surface area contributed by atoms with Crippen molar-refractivity contribution in [1.29, 1.82) is 0 Å². The van der Waals surface area contributed by atoms with Gasteiger partial charge in [-0.05, 0) is 24.0 Å². The first-order chi connectivity index (χ1) is 9.97. The van der Waals surface area contributed by atoms with Crippen LogP contribution in [0.4, 0.5) is 0 Å². The third-order valence-electron chi connectivity index (χ3n) is 3.08. The summed E-state index contributed by atoms with van der Waals surface area (Å²) in [5.41, 5.74) is 1.79. The van der Waals surface area contributed by atoms with Crippen molar-refractivity contribution in [3.63, 3.8) is 0 Å². The maximum absolute atomic E-state index is 11.9. The minimum absolute atomic E-state index is 0.225. The van der Waals surface area contributed by atoms with Gasteiger partial charge in [-0.3, -0.25) is 4.79 Å². The van der Waals surface area contributed by atoms with Crippen molar-refractivity contribution in [3.8, 4) is 11.6 Å². The van der Waals surface area contributed by atoms with Crippen LogP contribution in [0.3, 0.4) is 0 Å². The van der Waals surface area contributed by atoms with Gasteiger partial charge in [-0.1, -0.05) is 45.9 Å². The molecule has 0 saturated heterocycles. The summed E-state index contributed by atoms with van der Waals surface area (Å²) >= 11 is 0. The Balaban J connectivity index is 2.33. The van der Waals surface area contributed by atoms with Crippen LogP contribution in [0.25, 0.3) is 5.69 Å². The molecule has 0 unspecified atom stereocenters. The predicted octanol–water partition coefficient (Wildman–Crippen LogP) is 3.95. The minimum atomic E-state index is -0.225. The van der Waals surface area contributed by atoms with Crippen LogP contribution < -0.4 is 4.74 Å². The molecule has 2 aromatic rings. The lowest BCUT2D eigenvalue weighted by Crippen LogP contribution is -2.13. The van der Waals surface area contributed by atoms with Gasteiger partial charge in [0.2, 0.25) is 5.88 Å². The van der Waals surface area contributed by atoms with Gasteiger partial charge in [0.05, 0.1) is 11.4 Å². The van der Waals surface area contributed by atoms with Gasteiger partial charge in [-0.25, -0.2) is 4.68 Å². The lowest BCUT2D eigenvalue weighted by atomic mass is 10.1. The number of benzene rings is 1. The fourth-order valence-corrected chi connectivity index (χ4v) is 1.98. The van der Waals surface area contributed by atoms with Gasteiger partial charge in [-0.2, -0.15) is 5.10 Å². The highest BCUT2D eigenvalue weighted by Crippen LogP contribution is 2.24. The zero-order valence-electron chi connectivity index (χ0n) is 13.0. The van der Waals surface area contributed by atoms with Crippen LogP contribution in [-0.4, -0.2) is 15.7 Å². The molecule has 0 spiro atoms. The zero-order chi connectivity index (χ0) is 15.4. The Morgan fingerprint density at radius 1 is 1.19 bits per heavy atom. The summed E-state index contributed by atoms with van der Waals surface area (Å²) in [5.74, 6) is 0.806. The first kappa shape index (κ1) is 15.3. The predicted molar refractivity (Wildman–Crippen MR) is 82.7 cm³/mol. The Morgan fingerprint density at radius 3 is 2.43 bits per heavy atom.